The van der Waals surface area contributed by atoms with Crippen LogP contribution < -0.4 is 4.74 Å². The third kappa shape index (κ3) is 3.07. The molecule has 19 heavy (non-hydrogen) atoms. The van der Waals surface area contributed by atoms with Gasteiger partial charge in [-0.15, -0.1) is 0 Å². The molecule has 0 aliphatic carbocycles. The molecule has 1 aromatic carbocycles. The molecule has 1 heterocycles. The van der Waals surface area contributed by atoms with Gasteiger partial charge in [-0.25, -0.2) is 4.79 Å². The topological polar surface area (TPSA) is 55.8 Å². The van der Waals surface area contributed by atoms with E-state index in [1.807, 2.05) is 27.7 Å². The highest BCUT2D eigenvalue weighted by atomic mass is 16.6. The largest absolute Gasteiger partial charge is 0.487 e. The van der Waals surface area contributed by atoms with Gasteiger partial charge in [-0.2, -0.15) is 0 Å². The van der Waals surface area contributed by atoms with Crippen LogP contribution in [-0.2, 0) is 4.74 Å². The molecular weight excluding hydrogens is 244 g/mol. The number of carboxylic acid groups (broad SMARTS) is 1. The average molecular weight is 264 g/mol. The fourth-order valence-electron chi connectivity index (χ4n) is 2.56. The van der Waals surface area contributed by atoms with Gasteiger partial charge in [0.15, 0.2) is 0 Å². The van der Waals surface area contributed by atoms with Crippen molar-refractivity contribution in [2.45, 2.75) is 51.4 Å². The maximum Gasteiger partial charge on any atom is 0.335 e. The summed E-state index contributed by atoms with van der Waals surface area (Å²) >= 11 is 0. The number of hydrogen-bond donors (Lipinski definition) is 1. The number of rotatable bonds is 3. The van der Waals surface area contributed by atoms with Gasteiger partial charge >= 0.3 is 5.97 Å². The van der Waals surface area contributed by atoms with E-state index in [9.17, 15) is 4.79 Å². The van der Waals surface area contributed by atoms with E-state index in [2.05, 4.69) is 0 Å². The number of ether oxygens (including phenoxy) is 2. The van der Waals surface area contributed by atoms with Crippen molar-refractivity contribution in [3.63, 3.8) is 0 Å². The second kappa shape index (κ2) is 4.53. The van der Waals surface area contributed by atoms with Gasteiger partial charge in [-0.05, 0) is 45.9 Å². The Kier molecular flexibility index (Phi) is 3.31. The first-order valence-electron chi connectivity index (χ1n) is 6.40. The van der Waals surface area contributed by atoms with Crippen molar-refractivity contribution in [2.75, 3.05) is 0 Å². The summed E-state index contributed by atoms with van der Waals surface area (Å²) in [5.74, 6) is -0.382. The molecule has 1 N–H and O–H groups in total. The Morgan fingerprint density at radius 1 is 1.37 bits per heavy atom. The minimum absolute atomic E-state index is 0.0912. The van der Waals surface area contributed by atoms with Crippen molar-refractivity contribution in [2.24, 2.45) is 0 Å². The smallest absolute Gasteiger partial charge is 0.335 e. The van der Waals surface area contributed by atoms with E-state index in [1.165, 1.54) is 0 Å². The van der Waals surface area contributed by atoms with Gasteiger partial charge in [-0.3, -0.25) is 0 Å². The van der Waals surface area contributed by atoms with E-state index < -0.39 is 5.97 Å². The van der Waals surface area contributed by atoms with E-state index in [4.69, 9.17) is 14.6 Å². The van der Waals surface area contributed by atoms with E-state index in [0.29, 0.717) is 5.75 Å². The molecule has 1 aromatic rings. The van der Waals surface area contributed by atoms with Crippen LogP contribution >= 0.6 is 0 Å². The average Bonchev–Trinajstić information content (AvgIpc) is 2.47. The summed E-state index contributed by atoms with van der Waals surface area (Å²) in [5, 5.41) is 8.98. The molecule has 0 spiro atoms. The molecule has 4 nitrogen and oxygen atoms in total. The Bertz CT molecular complexity index is 491. The second-order valence-corrected chi connectivity index (χ2v) is 6.11. The number of carboxylic acids is 1. The third-order valence-electron chi connectivity index (χ3n) is 3.35. The molecule has 104 valence electrons. The fourth-order valence-corrected chi connectivity index (χ4v) is 2.56. The van der Waals surface area contributed by atoms with Crippen molar-refractivity contribution in [1.29, 1.82) is 0 Å². The van der Waals surface area contributed by atoms with Crippen LogP contribution in [0.1, 0.15) is 44.5 Å². The van der Waals surface area contributed by atoms with Crippen LogP contribution in [0.25, 0.3) is 0 Å². The van der Waals surface area contributed by atoms with E-state index >= 15 is 0 Å². The van der Waals surface area contributed by atoms with Crippen molar-refractivity contribution in [1.82, 2.24) is 0 Å². The molecule has 4 heteroatoms. The lowest BCUT2D eigenvalue weighted by Gasteiger charge is -2.27. The van der Waals surface area contributed by atoms with Gasteiger partial charge in [0.05, 0.1) is 11.2 Å². The fraction of sp³-hybridized carbons (Fsp3) is 0.533. The maximum absolute atomic E-state index is 10.9. The SMILES string of the molecule is CC1(C)CC(Oc2cccc(C(=O)O)c2)C(C)(C)O1. The zero-order valence-electron chi connectivity index (χ0n) is 11.8. The zero-order valence-corrected chi connectivity index (χ0v) is 11.8. The van der Waals surface area contributed by atoms with Crippen LogP contribution in [0, 0.1) is 0 Å². The predicted octanol–water partition coefficient (Wildman–Crippen LogP) is 3.11. The standard InChI is InChI=1S/C15H20O4/c1-14(2)9-12(15(3,4)19-14)18-11-7-5-6-10(8-11)13(16)17/h5-8,12H,9H2,1-4H3,(H,16,17). The van der Waals surface area contributed by atoms with Gasteiger partial charge in [0.25, 0.3) is 0 Å². The number of benzene rings is 1. The van der Waals surface area contributed by atoms with Crippen molar-refractivity contribution in [3.05, 3.63) is 29.8 Å². The predicted molar refractivity (Wildman–Crippen MR) is 71.7 cm³/mol. The first-order valence-corrected chi connectivity index (χ1v) is 6.40. The highest BCUT2D eigenvalue weighted by Crippen LogP contribution is 2.39. The molecule has 0 radical (unpaired) electrons. The molecular formula is C15H20O4. The Hall–Kier alpha value is -1.55. The highest BCUT2D eigenvalue weighted by Gasteiger charge is 2.47. The van der Waals surface area contributed by atoms with E-state index in [0.717, 1.165) is 6.42 Å². The second-order valence-electron chi connectivity index (χ2n) is 6.11. The monoisotopic (exact) mass is 264 g/mol. The van der Waals surface area contributed by atoms with Gasteiger partial charge in [0.1, 0.15) is 17.5 Å². The lowest BCUT2D eigenvalue weighted by Crippen LogP contribution is -2.36. The Morgan fingerprint density at radius 3 is 2.58 bits per heavy atom. The molecule has 1 atom stereocenters. The molecule has 1 unspecified atom stereocenters. The van der Waals surface area contributed by atoms with Crippen molar-refractivity contribution >= 4 is 5.97 Å². The molecule has 0 aromatic heterocycles. The summed E-state index contributed by atoms with van der Waals surface area (Å²) in [6, 6.07) is 6.56. The lowest BCUT2D eigenvalue weighted by atomic mass is 9.97. The molecule has 0 bridgehead atoms. The van der Waals surface area contributed by atoms with Crippen molar-refractivity contribution in [3.8, 4) is 5.75 Å². The van der Waals surface area contributed by atoms with Crippen LogP contribution in [0.2, 0.25) is 0 Å². The maximum atomic E-state index is 10.9. The molecule has 1 aliphatic rings. The molecule has 0 saturated carbocycles. The molecule has 0 amide bonds. The number of aromatic carboxylic acids is 1. The first kappa shape index (κ1) is 13.9. The summed E-state index contributed by atoms with van der Waals surface area (Å²) in [6.45, 7) is 8.05. The highest BCUT2D eigenvalue weighted by molar-refractivity contribution is 5.87. The molecule has 1 aliphatic heterocycles. The molecule has 2 rings (SSSR count). The molecule has 1 saturated heterocycles. The summed E-state index contributed by atoms with van der Waals surface area (Å²) < 4.78 is 11.9. The molecule has 1 fully saturated rings. The van der Waals surface area contributed by atoms with Crippen LogP contribution in [0.3, 0.4) is 0 Å². The zero-order chi connectivity index (χ0) is 14.3. The quantitative estimate of drug-likeness (QED) is 0.911. The summed E-state index contributed by atoms with van der Waals surface area (Å²) in [4.78, 5) is 10.9. The van der Waals surface area contributed by atoms with E-state index in [1.54, 1.807) is 24.3 Å². The van der Waals surface area contributed by atoms with Gasteiger partial charge in [-0.1, -0.05) is 6.07 Å². The number of hydrogen-bond acceptors (Lipinski definition) is 3. The third-order valence-corrected chi connectivity index (χ3v) is 3.35. The summed E-state index contributed by atoms with van der Waals surface area (Å²) in [6.07, 6.45) is 0.684. The van der Waals surface area contributed by atoms with E-state index in [-0.39, 0.29) is 22.9 Å². The van der Waals surface area contributed by atoms with Crippen LogP contribution in [-0.4, -0.2) is 28.4 Å². The normalized spacial score (nSPS) is 24.1. The number of carbonyl (C=O) groups is 1. The lowest BCUT2D eigenvalue weighted by molar-refractivity contribution is -0.0846. The summed E-state index contributed by atoms with van der Waals surface area (Å²) in [7, 11) is 0. The van der Waals surface area contributed by atoms with Gasteiger partial charge < -0.3 is 14.6 Å². The summed E-state index contributed by atoms with van der Waals surface area (Å²) in [5.41, 5.74) is -0.380. The Balaban J connectivity index is 2.17. The first-order chi connectivity index (χ1) is 8.70. The minimum Gasteiger partial charge on any atom is -0.487 e. The van der Waals surface area contributed by atoms with Crippen LogP contribution in [0.15, 0.2) is 24.3 Å². The van der Waals surface area contributed by atoms with Gasteiger partial charge in [0.2, 0.25) is 0 Å². The van der Waals surface area contributed by atoms with Crippen LogP contribution in [0.5, 0.6) is 5.75 Å². The van der Waals surface area contributed by atoms with Gasteiger partial charge in [0, 0.05) is 6.42 Å². The Morgan fingerprint density at radius 2 is 2.05 bits per heavy atom. The van der Waals surface area contributed by atoms with Crippen molar-refractivity contribution < 1.29 is 19.4 Å². The Labute approximate surface area is 113 Å². The van der Waals surface area contributed by atoms with Crippen LogP contribution in [0.4, 0.5) is 0 Å². The minimum atomic E-state index is -0.951.